The lowest BCUT2D eigenvalue weighted by Crippen LogP contribution is -2.53. The highest BCUT2D eigenvalue weighted by atomic mass is 15.3. The van der Waals surface area contributed by atoms with Gasteiger partial charge in [0, 0.05) is 17.8 Å². The lowest BCUT2D eigenvalue weighted by Gasteiger charge is -2.44. The first-order valence-corrected chi connectivity index (χ1v) is 12.0. The van der Waals surface area contributed by atoms with Crippen molar-refractivity contribution in [2.75, 3.05) is 53.4 Å². The number of piperidine rings is 2. The highest BCUT2D eigenvalue weighted by Crippen LogP contribution is 2.31. The van der Waals surface area contributed by atoms with E-state index in [0.29, 0.717) is 0 Å². The molecule has 2 aliphatic rings. The first-order chi connectivity index (χ1) is 12.3. The maximum absolute atomic E-state index is 2.44. The minimum absolute atomic E-state index is 0.989. The van der Waals surface area contributed by atoms with Gasteiger partial charge in [-0.2, -0.15) is 0 Å². The molecule has 26 heavy (non-hydrogen) atoms. The lowest BCUT2D eigenvalue weighted by molar-refractivity contribution is -0.919. The van der Waals surface area contributed by atoms with E-state index in [1.807, 2.05) is 0 Å². The monoisotopic (exact) mass is 368 g/mol. The third kappa shape index (κ3) is 6.82. The molecule has 2 heteroatoms. The average molecular weight is 369 g/mol. The molecule has 0 aromatic rings. The summed E-state index contributed by atoms with van der Waals surface area (Å²) in [4.78, 5) is 0. The van der Waals surface area contributed by atoms with E-state index in [4.69, 9.17) is 0 Å². The topological polar surface area (TPSA) is 0 Å². The molecule has 0 N–H and O–H groups in total. The molecule has 2 nitrogen and oxygen atoms in total. The molecule has 2 heterocycles. The van der Waals surface area contributed by atoms with E-state index in [9.17, 15) is 0 Å². The Morgan fingerprint density at radius 1 is 0.615 bits per heavy atom. The molecule has 0 radical (unpaired) electrons. The summed E-state index contributed by atoms with van der Waals surface area (Å²) in [6, 6.07) is 0. The molecule has 0 aromatic carbocycles. The van der Waals surface area contributed by atoms with Crippen LogP contribution < -0.4 is 0 Å². The van der Waals surface area contributed by atoms with Crippen LogP contribution in [0.25, 0.3) is 0 Å². The zero-order valence-electron chi connectivity index (χ0n) is 19.7. The van der Waals surface area contributed by atoms with Gasteiger partial charge >= 0.3 is 0 Å². The molecule has 5 unspecified atom stereocenters. The van der Waals surface area contributed by atoms with Crippen molar-refractivity contribution in [3.05, 3.63) is 0 Å². The van der Waals surface area contributed by atoms with Gasteiger partial charge in [0.1, 0.15) is 0 Å². The smallest absolute Gasteiger partial charge is 0.0815 e. The van der Waals surface area contributed by atoms with Gasteiger partial charge in [-0.3, -0.25) is 0 Å². The number of hydrogen-bond donors (Lipinski definition) is 0. The second-order valence-corrected chi connectivity index (χ2v) is 10.1. The molecule has 0 spiro atoms. The molecule has 2 saturated heterocycles. The van der Waals surface area contributed by atoms with Gasteiger partial charge in [-0.25, -0.2) is 0 Å². The molecule has 0 bridgehead atoms. The molecule has 0 amide bonds. The second kappa shape index (κ2) is 11.1. The van der Waals surface area contributed by atoms with Gasteiger partial charge < -0.3 is 8.97 Å². The number of nitrogens with zero attached hydrogens (tertiary/aromatic N) is 2. The van der Waals surface area contributed by atoms with Gasteiger partial charge in [0.25, 0.3) is 0 Å². The fourth-order valence-electron chi connectivity index (χ4n) is 5.60. The Morgan fingerprint density at radius 3 is 1.50 bits per heavy atom. The Labute approximate surface area is 166 Å². The van der Waals surface area contributed by atoms with Gasteiger partial charge in [0.05, 0.1) is 53.4 Å². The average Bonchev–Trinajstić information content (AvgIpc) is 2.67. The molecule has 156 valence electrons. The Hall–Kier alpha value is -0.0800. The molecule has 0 aromatic heterocycles. The largest absolute Gasteiger partial charge is 0.326 e. The number of likely N-dealkylation sites (tertiary alicyclic amines) is 2. The summed E-state index contributed by atoms with van der Waals surface area (Å²) in [7, 11) is 4.86. The molecule has 2 aliphatic heterocycles. The molecule has 2 fully saturated rings. The van der Waals surface area contributed by atoms with Crippen molar-refractivity contribution >= 4 is 0 Å². The normalized spacial score (nSPS) is 40.6. The molecule has 2 rings (SSSR count). The standard InChI is InChI=1S/2C12H26N/c1-5-11-8-12(6-2)10-13(4,7-3)9-11;1-5-11-8-9-13(4,7-3)10-12(11)6-2/h2*11-12H,5-10H2,1-4H3/q2*+1. The van der Waals surface area contributed by atoms with E-state index in [-0.39, 0.29) is 0 Å². The Morgan fingerprint density at radius 2 is 1.12 bits per heavy atom. The fourth-order valence-corrected chi connectivity index (χ4v) is 5.60. The van der Waals surface area contributed by atoms with Crippen molar-refractivity contribution in [3.8, 4) is 0 Å². The third-order valence-electron chi connectivity index (χ3n) is 8.18. The summed E-state index contributed by atoms with van der Waals surface area (Å²) in [6.45, 7) is 22.4. The van der Waals surface area contributed by atoms with Crippen LogP contribution in [0.15, 0.2) is 0 Å². The quantitative estimate of drug-likeness (QED) is 0.518. The summed E-state index contributed by atoms with van der Waals surface area (Å²) in [5.41, 5.74) is 0. The van der Waals surface area contributed by atoms with E-state index >= 15 is 0 Å². The van der Waals surface area contributed by atoms with Gasteiger partial charge in [-0.05, 0) is 51.9 Å². The number of quaternary nitrogens is 2. The van der Waals surface area contributed by atoms with Crippen molar-refractivity contribution < 1.29 is 8.97 Å². The van der Waals surface area contributed by atoms with Crippen molar-refractivity contribution in [3.63, 3.8) is 0 Å². The lowest BCUT2D eigenvalue weighted by atomic mass is 9.81. The summed E-state index contributed by atoms with van der Waals surface area (Å²) < 4.78 is 2.63. The van der Waals surface area contributed by atoms with Crippen molar-refractivity contribution in [2.45, 2.75) is 80.1 Å². The fraction of sp³-hybridized carbons (Fsp3) is 1.00. The maximum Gasteiger partial charge on any atom is 0.0815 e. The van der Waals surface area contributed by atoms with E-state index in [1.165, 1.54) is 86.8 Å². The summed E-state index contributed by atoms with van der Waals surface area (Å²) in [6.07, 6.45) is 8.48. The molecular formula is C24H52N2+2. The predicted molar refractivity (Wildman–Crippen MR) is 117 cm³/mol. The maximum atomic E-state index is 2.44. The van der Waals surface area contributed by atoms with E-state index in [1.54, 1.807) is 0 Å². The van der Waals surface area contributed by atoms with Gasteiger partial charge in [-0.1, -0.05) is 34.1 Å². The van der Waals surface area contributed by atoms with Crippen molar-refractivity contribution in [1.82, 2.24) is 0 Å². The van der Waals surface area contributed by atoms with Crippen LogP contribution in [0.2, 0.25) is 0 Å². The molecule has 0 saturated carbocycles. The zero-order chi connectivity index (χ0) is 19.8. The zero-order valence-corrected chi connectivity index (χ0v) is 19.7. The first-order valence-electron chi connectivity index (χ1n) is 12.0. The SMILES string of the molecule is CCC1CC(CC)C[N+](C)(CC)C1.CCC1CC[N+](C)(CC)CC1CC. The third-order valence-corrected chi connectivity index (χ3v) is 8.18. The summed E-state index contributed by atoms with van der Waals surface area (Å²) in [5, 5.41) is 0. The van der Waals surface area contributed by atoms with Crippen LogP contribution >= 0.6 is 0 Å². The molecule has 5 atom stereocenters. The van der Waals surface area contributed by atoms with Crippen LogP contribution in [0.4, 0.5) is 0 Å². The summed E-state index contributed by atoms with van der Waals surface area (Å²) in [5.74, 6) is 3.98. The molecular weight excluding hydrogens is 316 g/mol. The van der Waals surface area contributed by atoms with E-state index < -0.39 is 0 Å². The Kier molecular flexibility index (Phi) is 10.2. The van der Waals surface area contributed by atoms with Gasteiger partial charge in [-0.15, -0.1) is 0 Å². The van der Waals surface area contributed by atoms with Crippen LogP contribution in [-0.2, 0) is 0 Å². The molecule has 0 aliphatic carbocycles. The van der Waals surface area contributed by atoms with Crippen LogP contribution in [0.5, 0.6) is 0 Å². The van der Waals surface area contributed by atoms with Crippen LogP contribution in [0.1, 0.15) is 80.1 Å². The minimum atomic E-state index is 0.989. The van der Waals surface area contributed by atoms with Crippen molar-refractivity contribution in [2.24, 2.45) is 23.7 Å². The Bertz CT molecular complexity index is 368. The van der Waals surface area contributed by atoms with Crippen LogP contribution in [0.3, 0.4) is 0 Å². The Balaban J connectivity index is 0.000000260. The van der Waals surface area contributed by atoms with Gasteiger partial charge in [0.2, 0.25) is 0 Å². The van der Waals surface area contributed by atoms with Crippen molar-refractivity contribution in [1.29, 1.82) is 0 Å². The summed E-state index contributed by atoms with van der Waals surface area (Å²) >= 11 is 0. The number of rotatable bonds is 6. The highest BCUT2D eigenvalue weighted by molar-refractivity contribution is 4.72. The second-order valence-electron chi connectivity index (χ2n) is 10.1. The van der Waals surface area contributed by atoms with Crippen LogP contribution in [0, 0.1) is 23.7 Å². The van der Waals surface area contributed by atoms with E-state index in [0.717, 1.165) is 23.7 Å². The number of hydrogen-bond acceptors (Lipinski definition) is 0. The minimum Gasteiger partial charge on any atom is -0.326 e. The van der Waals surface area contributed by atoms with Crippen LogP contribution in [-0.4, -0.2) is 62.3 Å². The highest BCUT2D eigenvalue weighted by Gasteiger charge is 2.35. The van der Waals surface area contributed by atoms with Gasteiger partial charge in [0.15, 0.2) is 0 Å². The predicted octanol–water partition coefficient (Wildman–Crippen LogP) is 5.82. The van der Waals surface area contributed by atoms with E-state index in [2.05, 4.69) is 55.6 Å². The first kappa shape index (κ1) is 24.0.